The van der Waals surface area contributed by atoms with Crippen LogP contribution in [0.15, 0.2) is 4.99 Å². The molecule has 72 valence electrons. The highest BCUT2D eigenvalue weighted by molar-refractivity contribution is 5.80. The molecule has 0 saturated carbocycles. The Hall–Kier alpha value is -0.530. The molecule has 2 N–H and O–H groups in total. The summed E-state index contributed by atoms with van der Waals surface area (Å²) >= 11 is 0. The predicted molar refractivity (Wildman–Crippen MR) is 55.4 cm³/mol. The Bertz CT molecular complexity index is 137. The van der Waals surface area contributed by atoms with Crippen LogP contribution >= 0.6 is 0 Å². The van der Waals surface area contributed by atoms with E-state index < -0.39 is 0 Å². The van der Waals surface area contributed by atoms with Gasteiger partial charge < -0.3 is 5.73 Å². The van der Waals surface area contributed by atoms with Gasteiger partial charge in [-0.1, -0.05) is 27.7 Å². The number of hydrogen-bond acceptors (Lipinski definition) is 1. The van der Waals surface area contributed by atoms with Gasteiger partial charge in [-0.05, 0) is 18.3 Å². The van der Waals surface area contributed by atoms with Gasteiger partial charge in [-0.25, -0.2) is 0 Å². The third kappa shape index (κ3) is 7.58. The molecule has 0 aromatic carbocycles. The fourth-order valence-electron chi connectivity index (χ4n) is 0.815. The molecular weight excluding hydrogens is 148 g/mol. The molecule has 12 heavy (non-hydrogen) atoms. The zero-order valence-corrected chi connectivity index (χ0v) is 8.80. The van der Waals surface area contributed by atoms with Gasteiger partial charge in [0.2, 0.25) is 0 Å². The maximum Gasteiger partial charge on any atom is 0.0937 e. The Balaban J connectivity index is 3.56. The van der Waals surface area contributed by atoms with Crippen molar-refractivity contribution in [3.05, 3.63) is 0 Å². The van der Waals surface area contributed by atoms with Crippen LogP contribution in [0.3, 0.4) is 0 Å². The van der Waals surface area contributed by atoms with Crippen LogP contribution in [0, 0.1) is 11.8 Å². The Kier molecular flexibility index (Phi) is 5.77. The summed E-state index contributed by atoms with van der Waals surface area (Å²) in [6.45, 7) is 9.58. The van der Waals surface area contributed by atoms with Gasteiger partial charge in [-0.15, -0.1) is 0 Å². The molecule has 2 heteroatoms. The van der Waals surface area contributed by atoms with Gasteiger partial charge in [0.25, 0.3) is 0 Å². The lowest BCUT2D eigenvalue weighted by Gasteiger charge is -2.04. The number of amidine groups is 1. The molecule has 0 bridgehead atoms. The first-order valence-corrected chi connectivity index (χ1v) is 4.81. The van der Waals surface area contributed by atoms with Crippen LogP contribution in [-0.2, 0) is 0 Å². The molecule has 0 aliphatic carbocycles. The standard InChI is InChI=1S/C10H22N2/c1-8(2)5-6-10(11)12-7-9(3)4/h8-9H,5-7H2,1-4H3,(H2,11,12). The average Bonchev–Trinajstić information content (AvgIpc) is 1.96. The van der Waals surface area contributed by atoms with Crippen molar-refractivity contribution < 1.29 is 0 Å². The topological polar surface area (TPSA) is 38.4 Å². The van der Waals surface area contributed by atoms with Crippen LogP contribution in [0.25, 0.3) is 0 Å². The van der Waals surface area contributed by atoms with E-state index >= 15 is 0 Å². The minimum absolute atomic E-state index is 0.614. The lowest BCUT2D eigenvalue weighted by Crippen LogP contribution is -2.14. The normalized spacial score (nSPS) is 13.0. The third-order valence-corrected chi connectivity index (χ3v) is 1.64. The Morgan fingerprint density at radius 3 is 2.17 bits per heavy atom. The zero-order chi connectivity index (χ0) is 9.56. The van der Waals surface area contributed by atoms with Gasteiger partial charge >= 0.3 is 0 Å². The van der Waals surface area contributed by atoms with Crippen molar-refractivity contribution in [2.45, 2.75) is 40.5 Å². The zero-order valence-electron chi connectivity index (χ0n) is 8.80. The highest BCUT2D eigenvalue weighted by Crippen LogP contribution is 2.03. The highest BCUT2D eigenvalue weighted by Gasteiger charge is 1.97. The first-order valence-electron chi connectivity index (χ1n) is 4.81. The number of hydrogen-bond donors (Lipinski definition) is 1. The quantitative estimate of drug-likeness (QED) is 0.499. The summed E-state index contributed by atoms with van der Waals surface area (Å²) in [5, 5.41) is 0. The van der Waals surface area contributed by atoms with Crippen LogP contribution in [0.5, 0.6) is 0 Å². The van der Waals surface area contributed by atoms with E-state index in [-0.39, 0.29) is 0 Å². The maximum absolute atomic E-state index is 5.72. The van der Waals surface area contributed by atoms with Crippen molar-refractivity contribution >= 4 is 5.84 Å². The van der Waals surface area contributed by atoms with E-state index in [2.05, 4.69) is 32.7 Å². The van der Waals surface area contributed by atoms with E-state index in [1.807, 2.05) is 0 Å². The van der Waals surface area contributed by atoms with Crippen LogP contribution in [0.2, 0.25) is 0 Å². The first kappa shape index (κ1) is 11.5. The molecule has 0 aromatic rings. The number of nitrogens with zero attached hydrogens (tertiary/aromatic N) is 1. The van der Waals surface area contributed by atoms with Gasteiger partial charge in [-0.2, -0.15) is 0 Å². The first-order chi connectivity index (χ1) is 5.52. The van der Waals surface area contributed by atoms with Crippen molar-refractivity contribution in [2.75, 3.05) is 6.54 Å². The minimum Gasteiger partial charge on any atom is -0.387 e. The van der Waals surface area contributed by atoms with E-state index in [1.165, 1.54) is 0 Å². The summed E-state index contributed by atoms with van der Waals surface area (Å²) in [5.41, 5.74) is 5.72. The number of rotatable bonds is 5. The second-order valence-corrected chi connectivity index (χ2v) is 4.16. The van der Waals surface area contributed by atoms with E-state index in [9.17, 15) is 0 Å². The van der Waals surface area contributed by atoms with E-state index in [1.54, 1.807) is 0 Å². The lowest BCUT2D eigenvalue weighted by atomic mass is 10.1. The van der Waals surface area contributed by atoms with Crippen LogP contribution in [0.1, 0.15) is 40.5 Å². The summed E-state index contributed by atoms with van der Waals surface area (Å²) in [4.78, 5) is 4.29. The second kappa shape index (κ2) is 6.04. The molecule has 0 heterocycles. The summed E-state index contributed by atoms with van der Waals surface area (Å²) in [7, 11) is 0. The summed E-state index contributed by atoms with van der Waals surface area (Å²) in [5.74, 6) is 2.15. The Morgan fingerprint density at radius 2 is 1.75 bits per heavy atom. The summed E-state index contributed by atoms with van der Waals surface area (Å²) in [6, 6.07) is 0. The summed E-state index contributed by atoms with van der Waals surface area (Å²) in [6.07, 6.45) is 2.10. The Morgan fingerprint density at radius 1 is 1.17 bits per heavy atom. The Labute approximate surface area is 76.3 Å². The van der Waals surface area contributed by atoms with E-state index in [0.717, 1.165) is 31.1 Å². The molecule has 2 nitrogen and oxygen atoms in total. The monoisotopic (exact) mass is 170 g/mol. The lowest BCUT2D eigenvalue weighted by molar-refractivity contribution is 0.599. The molecule has 0 unspecified atom stereocenters. The second-order valence-electron chi connectivity index (χ2n) is 4.16. The minimum atomic E-state index is 0.614. The number of aliphatic imine (C=N–C) groups is 1. The molecule has 0 saturated heterocycles. The molecule has 0 spiro atoms. The highest BCUT2D eigenvalue weighted by atomic mass is 14.8. The molecule has 0 aromatic heterocycles. The van der Waals surface area contributed by atoms with Crippen LogP contribution in [0.4, 0.5) is 0 Å². The molecule has 0 aliphatic rings. The van der Waals surface area contributed by atoms with Gasteiger partial charge in [-0.3, -0.25) is 4.99 Å². The third-order valence-electron chi connectivity index (χ3n) is 1.64. The molecule has 0 radical (unpaired) electrons. The maximum atomic E-state index is 5.72. The molecule has 0 fully saturated rings. The molecular formula is C10H22N2. The fraction of sp³-hybridized carbons (Fsp3) is 0.900. The van der Waals surface area contributed by atoms with Gasteiger partial charge in [0.05, 0.1) is 5.84 Å². The molecule has 0 rings (SSSR count). The molecule has 0 aliphatic heterocycles. The van der Waals surface area contributed by atoms with Crippen molar-refractivity contribution in [1.82, 2.24) is 0 Å². The van der Waals surface area contributed by atoms with E-state index in [4.69, 9.17) is 5.73 Å². The van der Waals surface area contributed by atoms with Crippen LogP contribution in [-0.4, -0.2) is 12.4 Å². The molecule has 0 atom stereocenters. The number of nitrogens with two attached hydrogens (primary N) is 1. The van der Waals surface area contributed by atoms with E-state index in [0.29, 0.717) is 5.92 Å². The van der Waals surface area contributed by atoms with Gasteiger partial charge in [0, 0.05) is 13.0 Å². The SMILES string of the molecule is CC(C)CCC(N)=NCC(C)C. The largest absolute Gasteiger partial charge is 0.387 e. The smallest absolute Gasteiger partial charge is 0.0937 e. The van der Waals surface area contributed by atoms with Crippen molar-refractivity contribution in [2.24, 2.45) is 22.6 Å². The van der Waals surface area contributed by atoms with Gasteiger partial charge in [0.1, 0.15) is 0 Å². The van der Waals surface area contributed by atoms with Gasteiger partial charge in [0.15, 0.2) is 0 Å². The fourth-order valence-corrected chi connectivity index (χ4v) is 0.815. The van der Waals surface area contributed by atoms with Crippen molar-refractivity contribution in [1.29, 1.82) is 0 Å². The average molecular weight is 170 g/mol. The van der Waals surface area contributed by atoms with Crippen LogP contribution < -0.4 is 5.73 Å². The predicted octanol–water partition coefficient (Wildman–Crippen LogP) is 2.44. The van der Waals surface area contributed by atoms with Crippen molar-refractivity contribution in [3.63, 3.8) is 0 Å². The summed E-state index contributed by atoms with van der Waals surface area (Å²) < 4.78 is 0. The molecule has 0 amide bonds. The van der Waals surface area contributed by atoms with Crippen molar-refractivity contribution in [3.8, 4) is 0 Å².